The van der Waals surface area contributed by atoms with E-state index in [1.54, 1.807) is 0 Å². The maximum atomic E-state index is 12.4. The van der Waals surface area contributed by atoms with Crippen LogP contribution in [0.1, 0.15) is 0 Å². The van der Waals surface area contributed by atoms with Gasteiger partial charge in [-0.3, -0.25) is 4.72 Å². The van der Waals surface area contributed by atoms with Crippen LogP contribution in [-0.2, 0) is 10.0 Å². The van der Waals surface area contributed by atoms with Crippen LogP contribution in [0.4, 0.5) is 14.5 Å². The second-order valence-electron chi connectivity index (χ2n) is 4.81. The minimum absolute atomic E-state index is 0.000318. The summed E-state index contributed by atoms with van der Waals surface area (Å²) in [5.41, 5.74) is 0.214. The molecule has 9 heteroatoms. The summed E-state index contributed by atoms with van der Waals surface area (Å²) in [4.78, 5) is -0.000318. The van der Waals surface area contributed by atoms with E-state index in [1.807, 2.05) is 0 Å². The van der Waals surface area contributed by atoms with Crippen molar-refractivity contribution in [3.8, 4) is 17.2 Å². The molecular weight excluding hydrogens is 344 g/mol. The predicted octanol–water partition coefficient (Wildman–Crippen LogP) is 2.86. The van der Waals surface area contributed by atoms with Crippen molar-refractivity contribution < 1.29 is 31.4 Å². The van der Waals surface area contributed by atoms with Gasteiger partial charge in [-0.05, 0) is 36.4 Å². The number of ether oxygens (including phenoxy) is 3. The number of sulfonamides is 1. The minimum atomic E-state index is -3.86. The summed E-state index contributed by atoms with van der Waals surface area (Å²) < 4.78 is 66.2. The average molecular weight is 357 g/mol. The Labute approximate surface area is 137 Å². The van der Waals surface area contributed by atoms with Crippen molar-refractivity contribution in [2.24, 2.45) is 0 Å². The maximum Gasteiger partial charge on any atom is 0.387 e. The van der Waals surface area contributed by atoms with E-state index in [0.29, 0.717) is 24.7 Å². The molecule has 0 spiro atoms. The lowest BCUT2D eigenvalue weighted by Gasteiger charge is -2.19. The average Bonchev–Trinajstić information content (AvgIpc) is 2.55. The van der Waals surface area contributed by atoms with E-state index in [0.717, 1.165) is 0 Å². The highest BCUT2D eigenvalue weighted by Gasteiger charge is 2.19. The first kappa shape index (κ1) is 16.3. The Hall–Kier alpha value is -2.55. The van der Waals surface area contributed by atoms with Crippen LogP contribution in [0.5, 0.6) is 17.2 Å². The number of halogens is 2. The van der Waals surface area contributed by atoms with Gasteiger partial charge in [0.1, 0.15) is 19.0 Å². The summed E-state index contributed by atoms with van der Waals surface area (Å²) in [6.45, 7) is -2.19. The standard InChI is InChI=1S/C15H13F2NO5S/c16-15(17)23-11-3-1-10(2-4-11)18-24(19,20)12-5-6-13-14(9-12)22-8-7-21-13/h1-6,9,15,18H,7-8H2. The molecule has 0 radical (unpaired) electrons. The Bertz CT molecular complexity index is 824. The van der Waals surface area contributed by atoms with Crippen LogP contribution in [-0.4, -0.2) is 28.2 Å². The number of hydrogen-bond donors (Lipinski definition) is 1. The molecule has 0 bridgehead atoms. The Kier molecular flexibility index (Phi) is 4.43. The first-order chi connectivity index (χ1) is 11.4. The van der Waals surface area contributed by atoms with Gasteiger partial charge in [0.15, 0.2) is 11.5 Å². The fraction of sp³-hybridized carbons (Fsp3) is 0.200. The second-order valence-corrected chi connectivity index (χ2v) is 6.50. The monoisotopic (exact) mass is 357 g/mol. The molecule has 24 heavy (non-hydrogen) atoms. The normalized spacial score (nSPS) is 13.6. The maximum absolute atomic E-state index is 12.4. The smallest absolute Gasteiger partial charge is 0.387 e. The molecule has 0 amide bonds. The quantitative estimate of drug-likeness (QED) is 0.891. The Morgan fingerprint density at radius 2 is 1.67 bits per heavy atom. The van der Waals surface area contributed by atoms with Gasteiger partial charge in [-0.25, -0.2) is 8.42 Å². The van der Waals surface area contributed by atoms with Gasteiger partial charge in [-0.2, -0.15) is 8.78 Å². The van der Waals surface area contributed by atoms with Gasteiger partial charge in [0.05, 0.1) is 4.90 Å². The van der Waals surface area contributed by atoms with Crippen LogP contribution >= 0.6 is 0 Å². The molecule has 0 saturated carbocycles. The first-order valence-electron chi connectivity index (χ1n) is 6.91. The van der Waals surface area contributed by atoms with E-state index >= 15 is 0 Å². The van der Waals surface area contributed by atoms with E-state index in [9.17, 15) is 17.2 Å². The molecule has 1 aliphatic rings. The molecule has 128 valence electrons. The number of hydrogen-bond acceptors (Lipinski definition) is 5. The molecule has 6 nitrogen and oxygen atoms in total. The molecule has 1 heterocycles. The van der Waals surface area contributed by atoms with E-state index in [4.69, 9.17) is 9.47 Å². The van der Waals surface area contributed by atoms with Crippen molar-refractivity contribution in [3.05, 3.63) is 42.5 Å². The molecule has 2 aromatic rings. The highest BCUT2D eigenvalue weighted by atomic mass is 32.2. The molecule has 0 aromatic heterocycles. The lowest BCUT2D eigenvalue weighted by molar-refractivity contribution is -0.0498. The van der Waals surface area contributed by atoms with Gasteiger partial charge in [0.25, 0.3) is 10.0 Å². The van der Waals surface area contributed by atoms with Crippen molar-refractivity contribution >= 4 is 15.7 Å². The summed E-state index contributed by atoms with van der Waals surface area (Å²) in [6.07, 6.45) is 0. The van der Waals surface area contributed by atoms with E-state index in [1.165, 1.54) is 42.5 Å². The van der Waals surface area contributed by atoms with Crippen LogP contribution in [0.15, 0.2) is 47.4 Å². The summed E-state index contributed by atoms with van der Waals surface area (Å²) in [7, 11) is -3.86. The molecule has 2 aromatic carbocycles. The van der Waals surface area contributed by atoms with Crippen LogP contribution in [0.3, 0.4) is 0 Å². The summed E-state index contributed by atoms with van der Waals surface area (Å²) in [5, 5.41) is 0. The lowest BCUT2D eigenvalue weighted by atomic mass is 10.3. The van der Waals surface area contributed by atoms with Crippen LogP contribution in [0.2, 0.25) is 0 Å². The summed E-state index contributed by atoms with van der Waals surface area (Å²) in [5.74, 6) is 0.769. The largest absolute Gasteiger partial charge is 0.486 e. The molecule has 0 aliphatic carbocycles. The zero-order valence-electron chi connectivity index (χ0n) is 12.2. The van der Waals surface area contributed by atoms with Gasteiger partial charge in [0.2, 0.25) is 0 Å². The minimum Gasteiger partial charge on any atom is -0.486 e. The van der Waals surface area contributed by atoms with Crippen molar-refractivity contribution in [1.29, 1.82) is 0 Å². The second kappa shape index (κ2) is 6.52. The predicted molar refractivity (Wildman–Crippen MR) is 81.3 cm³/mol. The van der Waals surface area contributed by atoms with Gasteiger partial charge in [-0.15, -0.1) is 0 Å². The van der Waals surface area contributed by atoms with Gasteiger partial charge >= 0.3 is 6.61 Å². The lowest BCUT2D eigenvalue weighted by Crippen LogP contribution is -2.17. The summed E-state index contributed by atoms with van der Waals surface area (Å²) >= 11 is 0. The van der Waals surface area contributed by atoms with Crippen molar-refractivity contribution in [1.82, 2.24) is 0 Å². The topological polar surface area (TPSA) is 73.9 Å². The molecular formula is C15H13F2NO5S. The zero-order valence-corrected chi connectivity index (χ0v) is 13.1. The van der Waals surface area contributed by atoms with Crippen LogP contribution in [0, 0.1) is 0 Å². The van der Waals surface area contributed by atoms with Gasteiger partial charge in [0, 0.05) is 11.8 Å². The third-order valence-electron chi connectivity index (χ3n) is 3.16. The number of fused-ring (bicyclic) bond motifs is 1. The van der Waals surface area contributed by atoms with Crippen molar-refractivity contribution in [2.45, 2.75) is 11.5 Å². The fourth-order valence-corrected chi connectivity index (χ4v) is 3.18. The SMILES string of the molecule is O=S(=O)(Nc1ccc(OC(F)F)cc1)c1ccc2c(c1)OCCO2. The highest BCUT2D eigenvalue weighted by Crippen LogP contribution is 2.32. The van der Waals surface area contributed by atoms with E-state index in [2.05, 4.69) is 9.46 Å². The molecule has 0 fully saturated rings. The van der Waals surface area contributed by atoms with Crippen molar-refractivity contribution in [2.75, 3.05) is 17.9 Å². The zero-order chi connectivity index (χ0) is 17.2. The third-order valence-corrected chi connectivity index (χ3v) is 4.53. The molecule has 1 N–H and O–H groups in total. The molecule has 0 unspecified atom stereocenters. The molecule has 0 saturated heterocycles. The number of rotatable bonds is 5. The van der Waals surface area contributed by atoms with E-state index in [-0.39, 0.29) is 16.3 Å². The molecule has 3 rings (SSSR count). The summed E-state index contributed by atoms with van der Waals surface area (Å²) in [6, 6.07) is 9.42. The Balaban J connectivity index is 1.78. The van der Waals surface area contributed by atoms with Gasteiger partial charge in [-0.1, -0.05) is 0 Å². The van der Waals surface area contributed by atoms with Crippen molar-refractivity contribution in [3.63, 3.8) is 0 Å². The Morgan fingerprint density at radius 3 is 2.33 bits per heavy atom. The van der Waals surface area contributed by atoms with Crippen LogP contribution in [0.25, 0.3) is 0 Å². The van der Waals surface area contributed by atoms with E-state index < -0.39 is 16.6 Å². The third kappa shape index (κ3) is 3.67. The van der Waals surface area contributed by atoms with Gasteiger partial charge < -0.3 is 14.2 Å². The molecule has 0 atom stereocenters. The first-order valence-corrected chi connectivity index (χ1v) is 8.40. The number of nitrogens with one attached hydrogen (secondary N) is 1. The van der Waals surface area contributed by atoms with Crippen LogP contribution < -0.4 is 18.9 Å². The Morgan fingerprint density at radius 1 is 1.00 bits per heavy atom. The number of anilines is 1. The number of alkyl halides is 2. The fourth-order valence-electron chi connectivity index (χ4n) is 2.11. The number of benzene rings is 2. The highest BCUT2D eigenvalue weighted by molar-refractivity contribution is 7.92. The molecule has 1 aliphatic heterocycles.